The molecule has 0 nitrogen and oxygen atoms in total. The molecule has 0 aliphatic carbocycles. The van der Waals surface area contributed by atoms with Crippen LogP contribution in [-0.4, -0.2) is 0 Å². The summed E-state index contributed by atoms with van der Waals surface area (Å²) in [5.74, 6) is 1.01. The zero-order valence-corrected chi connectivity index (χ0v) is 11.8. The number of hydrogen-bond acceptors (Lipinski definition) is 0. The first kappa shape index (κ1) is 19.6. The van der Waals surface area contributed by atoms with Crippen molar-refractivity contribution in [3.05, 3.63) is 0 Å². The lowest BCUT2D eigenvalue weighted by Gasteiger charge is -2.10. The van der Waals surface area contributed by atoms with E-state index in [-0.39, 0.29) is 0 Å². The van der Waals surface area contributed by atoms with Crippen LogP contribution >= 0.6 is 0 Å². The minimum atomic E-state index is 1.01. The van der Waals surface area contributed by atoms with Gasteiger partial charge in [-0.15, -0.1) is 0 Å². The van der Waals surface area contributed by atoms with Crippen molar-refractivity contribution in [1.29, 1.82) is 0 Å². The van der Waals surface area contributed by atoms with Crippen molar-refractivity contribution >= 4 is 0 Å². The maximum absolute atomic E-state index is 2.30. The van der Waals surface area contributed by atoms with Crippen LogP contribution in [0.15, 0.2) is 0 Å². The molecule has 0 bridgehead atoms. The molecule has 0 aromatic carbocycles. The Kier molecular flexibility index (Phi) is 32.3. The molecular weight excluding hydrogens is 168 g/mol. The van der Waals surface area contributed by atoms with Crippen molar-refractivity contribution in [2.75, 3.05) is 0 Å². The Morgan fingerprint density at radius 3 is 1.14 bits per heavy atom. The first-order chi connectivity index (χ1) is 6.76. The Balaban J connectivity index is -0.000000205. The van der Waals surface area contributed by atoms with E-state index >= 15 is 0 Å². The summed E-state index contributed by atoms with van der Waals surface area (Å²) in [7, 11) is 0. The fourth-order valence-corrected chi connectivity index (χ4v) is 1.37. The lowest BCUT2D eigenvalue weighted by Crippen LogP contribution is -1.96. The maximum Gasteiger partial charge on any atom is -0.0417 e. The molecule has 0 aliphatic heterocycles. The summed E-state index contributed by atoms with van der Waals surface area (Å²) in [5, 5.41) is 0. The third kappa shape index (κ3) is 22.7. The van der Waals surface area contributed by atoms with Crippen molar-refractivity contribution in [1.82, 2.24) is 0 Å². The van der Waals surface area contributed by atoms with E-state index < -0.39 is 0 Å². The lowest BCUT2D eigenvalue weighted by molar-refractivity contribution is 0.427. The zero-order valence-electron chi connectivity index (χ0n) is 11.8. The molecule has 0 heterocycles. The van der Waals surface area contributed by atoms with Gasteiger partial charge in [-0.25, -0.2) is 0 Å². The molecule has 0 atom stereocenters. The number of hydrogen-bond donors (Lipinski definition) is 0. The summed E-state index contributed by atoms with van der Waals surface area (Å²) >= 11 is 0. The second-order valence-electron chi connectivity index (χ2n) is 3.56. The van der Waals surface area contributed by atoms with E-state index in [9.17, 15) is 0 Å². The molecule has 0 fully saturated rings. The topological polar surface area (TPSA) is 0 Å². The van der Waals surface area contributed by atoms with E-state index in [1.54, 1.807) is 0 Å². The van der Waals surface area contributed by atoms with Gasteiger partial charge < -0.3 is 0 Å². The second-order valence-corrected chi connectivity index (χ2v) is 3.56. The normalized spacial score (nSPS) is 8.57. The molecule has 0 amide bonds. The molecule has 0 saturated carbocycles. The minimum Gasteiger partial charge on any atom is -0.0683 e. The highest BCUT2D eigenvalue weighted by molar-refractivity contribution is 4.54. The SMILES string of the molecule is CC.CCC.CCCC(CC)CCC. The Hall–Kier alpha value is 0. The predicted molar refractivity (Wildman–Crippen MR) is 70.9 cm³/mol. The molecule has 0 aromatic heterocycles. The molecule has 0 N–H and O–H groups in total. The van der Waals surface area contributed by atoms with E-state index in [1.807, 2.05) is 13.8 Å². The summed E-state index contributed by atoms with van der Waals surface area (Å²) in [6.45, 7) is 15.1. The highest BCUT2D eigenvalue weighted by Gasteiger charge is 2.01. The Labute approximate surface area is 93.5 Å². The molecule has 0 radical (unpaired) electrons. The van der Waals surface area contributed by atoms with Gasteiger partial charge in [-0.2, -0.15) is 0 Å². The van der Waals surface area contributed by atoms with Crippen LogP contribution in [0.25, 0.3) is 0 Å². The monoisotopic (exact) mass is 202 g/mol. The summed E-state index contributed by atoms with van der Waals surface area (Å²) in [6.07, 6.45) is 8.22. The van der Waals surface area contributed by atoms with Gasteiger partial charge in [0.15, 0.2) is 0 Å². The van der Waals surface area contributed by atoms with Gasteiger partial charge in [-0.05, 0) is 5.92 Å². The highest BCUT2D eigenvalue weighted by Crippen LogP contribution is 2.16. The smallest absolute Gasteiger partial charge is 0.0417 e. The van der Waals surface area contributed by atoms with Crippen molar-refractivity contribution in [2.24, 2.45) is 5.92 Å². The molecule has 90 valence electrons. The Bertz CT molecular complexity index is 51.1. The van der Waals surface area contributed by atoms with Crippen LogP contribution in [-0.2, 0) is 0 Å². The first-order valence-corrected chi connectivity index (χ1v) is 6.76. The molecule has 14 heavy (non-hydrogen) atoms. The number of rotatable bonds is 5. The van der Waals surface area contributed by atoms with E-state index in [1.165, 1.54) is 38.5 Å². The first-order valence-electron chi connectivity index (χ1n) is 6.76. The van der Waals surface area contributed by atoms with Crippen LogP contribution in [0.4, 0.5) is 0 Å². The van der Waals surface area contributed by atoms with Crippen molar-refractivity contribution in [2.45, 2.75) is 87.0 Å². The molecular formula is C14H34. The largest absolute Gasteiger partial charge is 0.0683 e. The van der Waals surface area contributed by atoms with Crippen molar-refractivity contribution < 1.29 is 0 Å². The van der Waals surface area contributed by atoms with E-state index in [4.69, 9.17) is 0 Å². The standard InChI is InChI=1S/C9H20.C3H8.C2H6/c1-4-7-9(6-3)8-5-2;1-3-2;1-2/h9H,4-8H2,1-3H3;3H2,1-2H3;1-2H3. The maximum atomic E-state index is 2.30. The van der Waals surface area contributed by atoms with Gasteiger partial charge in [0, 0.05) is 0 Å². The highest BCUT2D eigenvalue weighted by atomic mass is 14.1. The molecule has 0 heteroatoms. The molecule has 0 unspecified atom stereocenters. The summed E-state index contributed by atoms with van der Waals surface area (Å²) in [4.78, 5) is 0. The second kappa shape index (κ2) is 23.1. The quantitative estimate of drug-likeness (QED) is 0.508. The average molecular weight is 202 g/mol. The zero-order chi connectivity index (χ0) is 11.8. The minimum absolute atomic E-state index is 1.01. The summed E-state index contributed by atoms with van der Waals surface area (Å²) < 4.78 is 0. The predicted octanol–water partition coefficient (Wildman–Crippen LogP) is 6.06. The van der Waals surface area contributed by atoms with Crippen LogP contribution in [0.1, 0.15) is 87.0 Å². The van der Waals surface area contributed by atoms with Crippen LogP contribution < -0.4 is 0 Å². The van der Waals surface area contributed by atoms with Crippen LogP contribution in [0.5, 0.6) is 0 Å². The summed E-state index contributed by atoms with van der Waals surface area (Å²) in [6, 6.07) is 0. The molecule has 0 aliphatic rings. The van der Waals surface area contributed by atoms with Gasteiger partial charge in [-0.1, -0.05) is 87.0 Å². The average Bonchev–Trinajstić information content (AvgIpc) is 2.22. The third-order valence-electron chi connectivity index (χ3n) is 1.97. The van der Waals surface area contributed by atoms with Gasteiger partial charge in [0.2, 0.25) is 0 Å². The molecule has 0 rings (SSSR count). The van der Waals surface area contributed by atoms with Crippen LogP contribution in [0.3, 0.4) is 0 Å². The van der Waals surface area contributed by atoms with Gasteiger partial charge >= 0.3 is 0 Å². The third-order valence-corrected chi connectivity index (χ3v) is 1.97. The van der Waals surface area contributed by atoms with Gasteiger partial charge in [0.25, 0.3) is 0 Å². The van der Waals surface area contributed by atoms with Gasteiger partial charge in [-0.3, -0.25) is 0 Å². The van der Waals surface area contributed by atoms with E-state index in [2.05, 4.69) is 34.6 Å². The summed E-state index contributed by atoms with van der Waals surface area (Å²) in [5.41, 5.74) is 0. The Morgan fingerprint density at radius 2 is 1.00 bits per heavy atom. The van der Waals surface area contributed by atoms with Crippen LogP contribution in [0.2, 0.25) is 0 Å². The Morgan fingerprint density at radius 1 is 0.714 bits per heavy atom. The molecule has 0 saturated heterocycles. The lowest BCUT2D eigenvalue weighted by atomic mass is 9.96. The van der Waals surface area contributed by atoms with Gasteiger partial charge in [0.05, 0.1) is 0 Å². The van der Waals surface area contributed by atoms with Crippen LogP contribution in [0, 0.1) is 5.92 Å². The fourth-order valence-electron chi connectivity index (χ4n) is 1.37. The van der Waals surface area contributed by atoms with Gasteiger partial charge in [0.1, 0.15) is 0 Å². The van der Waals surface area contributed by atoms with E-state index in [0.29, 0.717) is 0 Å². The molecule has 0 spiro atoms. The van der Waals surface area contributed by atoms with E-state index in [0.717, 1.165) is 5.92 Å². The van der Waals surface area contributed by atoms with Crippen molar-refractivity contribution in [3.8, 4) is 0 Å². The molecule has 0 aromatic rings. The van der Waals surface area contributed by atoms with Crippen molar-refractivity contribution in [3.63, 3.8) is 0 Å². The fraction of sp³-hybridized carbons (Fsp3) is 1.00.